The molecule has 0 amide bonds. The average molecular weight is 250 g/mol. The van der Waals surface area contributed by atoms with E-state index in [1.54, 1.807) is 0 Å². The van der Waals surface area contributed by atoms with E-state index >= 15 is 0 Å². The summed E-state index contributed by atoms with van der Waals surface area (Å²) in [6.45, 7) is 12.0. The number of nitrogens with one attached hydrogen (secondary N) is 1. The number of hydrogen-bond donors (Lipinski definition) is 1. The minimum atomic E-state index is 0.325. The minimum absolute atomic E-state index is 0.325. The van der Waals surface area contributed by atoms with Crippen LogP contribution in [0.1, 0.15) is 57.7 Å². The van der Waals surface area contributed by atoms with Crippen molar-refractivity contribution in [1.82, 2.24) is 20.1 Å². The van der Waals surface area contributed by atoms with Crippen LogP contribution in [0.5, 0.6) is 0 Å². The third-order valence-electron chi connectivity index (χ3n) is 4.19. The first-order chi connectivity index (χ1) is 8.45. The fourth-order valence-corrected chi connectivity index (χ4v) is 3.36. The summed E-state index contributed by atoms with van der Waals surface area (Å²) in [5.74, 6) is 1.92. The molecule has 1 aliphatic rings. The Bertz CT molecular complexity index is 408. The Hall–Kier alpha value is -0.900. The van der Waals surface area contributed by atoms with E-state index in [1.165, 1.54) is 19.3 Å². The van der Waals surface area contributed by atoms with Crippen LogP contribution in [0.25, 0.3) is 0 Å². The number of rotatable bonds is 3. The molecule has 0 spiro atoms. The van der Waals surface area contributed by atoms with Crippen LogP contribution in [0.4, 0.5) is 0 Å². The number of nitrogens with zero attached hydrogens (tertiary/aromatic N) is 3. The van der Waals surface area contributed by atoms with Crippen molar-refractivity contribution in [3.63, 3.8) is 0 Å². The fraction of sp³-hybridized carbons (Fsp3) is 0.857. The Morgan fingerprint density at radius 3 is 2.67 bits per heavy atom. The second-order valence-electron chi connectivity index (χ2n) is 6.13. The van der Waals surface area contributed by atoms with E-state index in [9.17, 15) is 0 Å². The topological polar surface area (TPSA) is 42.7 Å². The Kier molecular flexibility index (Phi) is 3.76. The zero-order valence-corrected chi connectivity index (χ0v) is 12.3. The van der Waals surface area contributed by atoms with E-state index < -0.39 is 0 Å². The summed E-state index contributed by atoms with van der Waals surface area (Å²) in [6, 6.07) is 0.922. The molecule has 18 heavy (non-hydrogen) atoms. The molecule has 0 aliphatic heterocycles. The Labute approximate surface area is 110 Å². The van der Waals surface area contributed by atoms with Gasteiger partial charge in [0.15, 0.2) is 0 Å². The van der Waals surface area contributed by atoms with Gasteiger partial charge in [-0.25, -0.2) is 9.67 Å². The number of aromatic nitrogens is 3. The van der Waals surface area contributed by atoms with Crippen molar-refractivity contribution in [2.75, 3.05) is 6.54 Å². The largest absolute Gasteiger partial charge is 0.312 e. The molecular weight excluding hydrogens is 224 g/mol. The molecule has 1 saturated carbocycles. The normalized spacial score (nSPS) is 27.4. The van der Waals surface area contributed by atoms with Crippen molar-refractivity contribution >= 4 is 0 Å². The molecule has 1 N–H and O–H groups in total. The molecule has 0 saturated heterocycles. The van der Waals surface area contributed by atoms with Crippen LogP contribution in [0.15, 0.2) is 0 Å². The van der Waals surface area contributed by atoms with Gasteiger partial charge in [0.05, 0.1) is 6.04 Å². The van der Waals surface area contributed by atoms with Crippen LogP contribution in [-0.4, -0.2) is 27.4 Å². The smallest absolute Gasteiger partial charge is 0.147 e. The minimum Gasteiger partial charge on any atom is -0.312 e. The van der Waals surface area contributed by atoms with Gasteiger partial charge in [-0.05, 0) is 38.6 Å². The van der Waals surface area contributed by atoms with Gasteiger partial charge in [0.25, 0.3) is 0 Å². The van der Waals surface area contributed by atoms with E-state index in [0.717, 1.165) is 18.2 Å². The summed E-state index contributed by atoms with van der Waals surface area (Å²) >= 11 is 0. The van der Waals surface area contributed by atoms with E-state index in [-0.39, 0.29) is 0 Å². The quantitative estimate of drug-likeness (QED) is 0.896. The van der Waals surface area contributed by atoms with E-state index in [1.807, 2.05) is 6.92 Å². The maximum atomic E-state index is 4.60. The number of aryl methyl sites for hydroxylation is 2. The first-order valence-electron chi connectivity index (χ1n) is 7.09. The molecule has 0 radical (unpaired) electrons. The Morgan fingerprint density at radius 2 is 2.11 bits per heavy atom. The molecule has 1 aliphatic carbocycles. The SMILES string of the molecule is CCNC1C(n2nc(C)nc2C)CCCC1(C)C. The maximum Gasteiger partial charge on any atom is 0.147 e. The van der Waals surface area contributed by atoms with Crippen LogP contribution < -0.4 is 5.32 Å². The van der Waals surface area contributed by atoms with Gasteiger partial charge in [-0.15, -0.1) is 0 Å². The molecule has 1 aromatic rings. The predicted molar refractivity (Wildman–Crippen MR) is 73.6 cm³/mol. The van der Waals surface area contributed by atoms with E-state index in [4.69, 9.17) is 0 Å². The molecule has 2 unspecified atom stereocenters. The zero-order valence-electron chi connectivity index (χ0n) is 12.3. The van der Waals surface area contributed by atoms with Gasteiger partial charge in [0, 0.05) is 6.04 Å². The second-order valence-corrected chi connectivity index (χ2v) is 6.13. The highest BCUT2D eigenvalue weighted by Gasteiger charge is 2.40. The first kappa shape index (κ1) is 13.5. The van der Waals surface area contributed by atoms with Gasteiger partial charge in [0.1, 0.15) is 11.6 Å². The van der Waals surface area contributed by atoms with Crippen molar-refractivity contribution in [3.8, 4) is 0 Å². The van der Waals surface area contributed by atoms with Gasteiger partial charge in [-0.1, -0.05) is 27.2 Å². The summed E-state index contributed by atoms with van der Waals surface area (Å²) in [5, 5.41) is 8.27. The third kappa shape index (κ3) is 2.44. The van der Waals surface area contributed by atoms with Crippen LogP contribution in [-0.2, 0) is 0 Å². The Balaban J connectivity index is 2.32. The van der Waals surface area contributed by atoms with Crippen LogP contribution in [0.3, 0.4) is 0 Å². The lowest BCUT2D eigenvalue weighted by atomic mass is 9.70. The highest BCUT2D eigenvalue weighted by atomic mass is 15.4. The van der Waals surface area contributed by atoms with Crippen LogP contribution >= 0.6 is 0 Å². The van der Waals surface area contributed by atoms with E-state index in [0.29, 0.717) is 17.5 Å². The third-order valence-corrected chi connectivity index (χ3v) is 4.19. The van der Waals surface area contributed by atoms with Gasteiger partial charge in [0.2, 0.25) is 0 Å². The molecule has 2 rings (SSSR count). The molecule has 102 valence electrons. The average Bonchev–Trinajstić information content (AvgIpc) is 2.60. The summed E-state index contributed by atoms with van der Waals surface area (Å²) in [4.78, 5) is 4.45. The molecule has 0 aromatic carbocycles. The van der Waals surface area contributed by atoms with Gasteiger partial charge in [-0.3, -0.25) is 0 Å². The molecule has 1 aromatic heterocycles. The maximum absolute atomic E-state index is 4.60. The van der Waals surface area contributed by atoms with Crippen molar-refractivity contribution in [2.45, 2.75) is 66.0 Å². The van der Waals surface area contributed by atoms with Gasteiger partial charge in [-0.2, -0.15) is 5.10 Å². The van der Waals surface area contributed by atoms with Gasteiger partial charge >= 0.3 is 0 Å². The predicted octanol–water partition coefficient (Wildman–Crippen LogP) is 2.62. The summed E-state index contributed by atoms with van der Waals surface area (Å²) in [6.07, 6.45) is 3.76. The second kappa shape index (κ2) is 5.00. The fourth-order valence-electron chi connectivity index (χ4n) is 3.36. The van der Waals surface area contributed by atoms with Crippen LogP contribution in [0, 0.1) is 19.3 Å². The van der Waals surface area contributed by atoms with Crippen molar-refractivity contribution in [3.05, 3.63) is 11.6 Å². The van der Waals surface area contributed by atoms with Crippen molar-refractivity contribution in [2.24, 2.45) is 5.41 Å². The summed E-state index contributed by atoms with van der Waals surface area (Å²) in [7, 11) is 0. The number of likely N-dealkylation sites (N-methyl/N-ethyl adjacent to an activating group) is 1. The monoisotopic (exact) mass is 250 g/mol. The molecule has 4 nitrogen and oxygen atoms in total. The lowest BCUT2D eigenvalue weighted by Crippen LogP contribution is -2.50. The number of hydrogen-bond acceptors (Lipinski definition) is 3. The molecule has 0 bridgehead atoms. The van der Waals surface area contributed by atoms with Crippen LogP contribution in [0.2, 0.25) is 0 Å². The van der Waals surface area contributed by atoms with Crippen molar-refractivity contribution in [1.29, 1.82) is 0 Å². The standard InChI is InChI=1S/C14H26N4/c1-6-15-13-12(8-7-9-14(13,4)5)18-11(3)16-10(2)17-18/h12-13,15H,6-9H2,1-5H3. The summed E-state index contributed by atoms with van der Waals surface area (Å²) < 4.78 is 2.14. The molecular formula is C14H26N4. The van der Waals surface area contributed by atoms with Gasteiger partial charge < -0.3 is 5.32 Å². The molecule has 1 fully saturated rings. The molecule has 2 atom stereocenters. The summed E-state index contributed by atoms with van der Waals surface area (Å²) in [5.41, 5.74) is 0.325. The zero-order chi connectivity index (χ0) is 13.3. The first-order valence-corrected chi connectivity index (χ1v) is 7.09. The highest BCUT2D eigenvalue weighted by Crippen LogP contribution is 2.41. The molecule has 4 heteroatoms. The lowest BCUT2D eigenvalue weighted by molar-refractivity contribution is 0.106. The van der Waals surface area contributed by atoms with Crippen molar-refractivity contribution < 1.29 is 0 Å². The van der Waals surface area contributed by atoms with E-state index in [2.05, 4.69) is 47.8 Å². The Morgan fingerprint density at radius 1 is 1.39 bits per heavy atom. The molecule has 1 heterocycles. The lowest BCUT2D eigenvalue weighted by Gasteiger charge is -2.44. The highest BCUT2D eigenvalue weighted by molar-refractivity contribution is 5.00.